The van der Waals surface area contributed by atoms with Gasteiger partial charge in [-0.25, -0.2) is 8.78 Å². The standard InChI is InChI=1S/C9H9F2NO/c1-13-9(12)4-6-2-7(10)5-8(11)3-6/h2-3,5,12H,4H2,1H3. The number of ether oxygens (including phenoxy) is 1. The molecule has 0 saturated carbocycles. The van der Waals surface area contributed by atoms with Crippen LogP contribution in [0, 0.1) is 17.0 Å². The zero-order chi connectivity index (χ0) is 9.84. The SMILES string of the molecule is COC(=N)Cc1cc(F)cc(F)c1. The molecule has 1 rings (SSSR count). The van der Waals surface area contributed by atoms with Gasteiger partial charge < -0.3 is 4.74 Å². The van der Waals surface area contributed by atoms with Crippen molar-refractivity contribution in [2.24, 2.45) is 0 Å². The van der Waals surface area contributed by atoms with Gasteiger partial charge in [0.25, 0.3) is 0 Å². The third-order valence-electron chi connectivity index (χ3n) is 1.53. The Morgan fingerprint density at radius 2 is 1.85 bits per heavy atom. The Bertz CT molecular complexity index is 305. The number of benzene rings is 1. The summed E-state index contributed by atoms with van der Waals surface area (Å²) in [6, 6.07) is 3.15. The van der Waals surface area contributed by atoms with Gasteiger partial charge in [-0.15, -0.1) is 0 Å². The number of halogens is 2. The first-order valence-electron chi connectivity index (χ1n) is 3.68. The molecule has 2 nitrogen and oxygen atoms in total. The Morgan fingerprint density at radius 1 is 1.31 bits per heavy atom. The van der Waals surface area contributed by atoms with Crippen LogP contribution in [0.3, 0.4) is 0 Å². The second kappa shape index (κ2) is 3.98. The predicted molar refractivity (Wildman–Crippen MR) is 44.8 cm³/mol. The molecule has 0 fully saturated rings. The molecule has 1 aromatic rings. The van der Waals surface area contributed by atoms with Crippen LogP contribution >= 0.6 is 0 Å². The Hall–Kier alpha value is -1.45. The lowest BCUT2D eigenvalue weighted by Gasteiger charge is -2.02. The third-order valence-corrected chi connectivity index (χ3v) is 1.53. The van der Waals surface area contributed by atoms with Gasteiger partial charge in [-0.3, -0.25) is 5.41 Å². The fourth-order valence-electron chi connectivity index (χ4n) is 0.971. The van der Waals surface area contributed by atoms with Gasteiger partial charge >= 0.3 is 0 Å². The maximum atomic E-state index is 12.6. The van der Waals surface area contributed by atoms with Crippen molar-refractivity contribution in [1.82, 2.24) is 0 Å². The van der Waals surface area contributed by atoms with Crippen molar-refractivity contribution < 1.29 is 13.5 Å². The number of hydrogen-bond acceptors (Lipinski definition) is 2. The Balaban J connectivity index is 2.83. The van der Waals surface area contributed by atoms with Crippen LogP contribution in [-0.2, 0) is 11.2 Å². The minimum atomic E-state index is -0.640. The summed E-state index contributed by atoms with van der Waals surface area (Å²) in [6.07, 6.45) is 0.102. The predicted octanol–water partition coefficient (Wildman–Crippen LogP) is 2.13. The van der Waals surface area contributed by atoms with E-state index < -0.39 is 11.6 Å². The number of nitrogens with one attached hydrogen (secondary N) is 1. The highest BCUT2D eigenvalue weighted by Gasteiger charge is 2.03. The van der Waals surface area contributed by atoms with Gasteiger partial charge in [0, 0.05) is 12.5 Å². The molecule has 13 heavy (non-hydrogen) atoms. The van der Waals surface area contributed by atoms with Crippen molar-refractivity contribution in [3.63, 3.8) is 0 Å². The molecule has 0 aromatic heterocycles. The summed E-state index contributed by atoms with van der Waals surface area (Å²) in [4.78, 5) is 0. The first kappa shape index (κ1) is 9.64. The summed E-state index contributed by atoms with van der Waals surface area (Å²) in [6.45, 7) is 0. The van der Waals surface area contributed by atoms with Gasteiger partial charge in [-0.2, -0.15) is 0 Å². The molecule has 1 N–H and O–H groups in total. The van der Waals surface area contributed by atoms with Gasteiger partial charge in [0.05, 0.1) is 7.11 Å². The number of methoxy groups -OCH3 is 1. The van der Waals surface area contributed by atoms with Gasteiger partial charge in [-0.1, -0.05) is 0 Å². The van der Waals surface area contributed by atoms with E-state index in [2.05, 4.69) is 4.74 Å². The average Bonchev–Trinajstić information content (AvgIpc) is 2.02. The van der Waals surface area contributed by atoms with Crippen LogP contribution in [0.4, 0.5) is 8.78 Å². The summed E-state index contributed by atoms with van der Waals surface area (Å²) in [7, 11) is 1.35. The monoisotopic (exact) mass is 185 g/mol. The molecule has 0 aliphatic heterocycles. The Labute approximate surface area is 74.7 Å². The minimum absolute atomic E-state index is 0.0231. The van der Waals surface area contributed by atoms with Crippen molar-refractivity contribution in [3.8, 4) is 0 Å². The van der Waals surface area contributed by atoms with Gasteiger partial charge in [0.2, 0.25) is 0 Å². The molecule has 0 saturated heterocycles. The maximum absolute atomic E-state index is 12.6. The van der Waals surface area contributed by atoms with E-state index in [-0.39, 0.29) is 12.3 Å². The van der Waals surface area contributed by atoms with Crippen molar-refractivity contribution in [2.75, 3.05) is 7.11 Å². The molecule has 0 spiro atoms. The van der Waals surface area contributed by atoms with Crippen LogP contribution in [0.2, 0.25) is 0 Å². The second-order valence-electron chi connectivity index (χ2n) is 2.58. The van der Waals surface area contributed by atoms with E-state index in [1.807, 2.05) is 0 Å². The fraction of sp³-hybridized carbons (Fsp3) is 0.222. The molecule has 0 unspecified atom stereocenters. The molecule has 0 heterocycles. The zero-order valence-corrected chi connectivity index (χ0v) is 7.10. The summed E-state index contributed by atoms with van der Waals surface area (Å²) in [5, 5.41) is 7.15. The Morgan fingerprint density at radius 3 is 2.31 bits per heavy atom. The molecule has 0 atom stereocenters. The van der Waals surface area contributed by atoms with Gasteiger partial charge in [-0.05, 0) is 17.7 Å². The summed E-state index contributed by atoms with van der Waals surface area (Å²) in [5.74, 6) is -1.30. The van der Waals surface area contributed by atoms with E-state index in [0.29, 0.717) is 5.56 Å². The third kappa shape index (κ3) is 2.82. The van der Waals surface area contributed by atoms with E-state index in [9.17, 15) is 8.78 Å². The maximum Gasteiger partial charge on any atom is 0.184 e. The summed E-state index contributed by atoms with van der Waals surface area (Å²) in [5.41, 5.74) is 0.393. The molecule has 1 aromatic carbocycles. The smallest absolute Gasteiger partial charge is 0.184 e. The van der Waals surface area contributed by atoms with Gasteiger partial charge in [0.1, 0.15) is 11.6 Å². The van der Waals surface area contributed by atoms with E-state index >= 15 is 0 Å². The molecule has 0 radical (unpaired) electrons. The second-order valence-corrected chi connectivity index (χ2v) is 2.58. The molecule has 0 aliphatic carbocycles. The van der Waals surface area contributed by atoms with E-state index in [4.69, 9.17) is 5.41 Å². The summed E-state index contributed by atoms with van der Waals surface area (Å²) >= 11 is 0. The van der Waals surface area contributed by atoms with Crippen LogP contribution < -0.4 is 0 Å². The number of rotatable bonds is 2. The quantitative estimate of drug-likeness (QED) is 0.555. The highest BCUT2D eigenvalue weighted by Crippen LogP contribution is 2.08. The molecular formula is C9H9F2NO. The van der Waals surface area contributed by atoms with Crippen LogP contribution in [0.25, 0.3) is 0 Å². The largest absolute Gasteiger partial charge is 0.484 e. The van der Waals surface area contributed by atoms with Crippen molar-refractivity contribution in [2.45, 2.75) is 6.42 Å². The molecular weight excluding hydrogens is 176 g/mol. The molecule has 0 amide bonds. The van der Waals surface area contributed by atoms with Crippen molar-refractivity contribution in [3.05, 3.63) is 35.4 Å². The van der Waals surface area contributed by atoms with Crippen LogP contribution in [0.5, 0.6) is 0 Å². The number of hydrogen-bond donors (Lipinski definition) is 1. The van der Waals surface area contributed by atoms with Crippen LogP contribution in [0.1, 0.15) is 5.56 Å². The van der Waals surface area contributed by atoms with Crippen molar-refractivity contribution in [1.29, 1.82) is 5.41 Å². The normalized spacial score (nSPS) is 9.77. The molecule has 70 valence electrons. The topological polar surface area (TPSA) is 33.1 Å². The Kier molecular flexibility index (Phi) is 2.95. The lowest BCUT2D eigenvalue weighted by Crippen LogP contribution is -2.04. The molecule has 4 heteroatoms. The van der Waals surface area contributed by atoms with Gasteiger partial charge in [0.15, 0.2) is 5.90 Å². The lowest BCUT2D eigenvalue weighted by molar-refractivity contribution is 0.390. The zero-order valence-electron chi connectivity index (χ0n) is 7.10. The molecule has 0 aliphatic rings. The van der Waals surface area contributed by atoms with E-state index in [0.717, 1.165) is 6.07 Å². The fourth-order valence-corrected chi connectivity index (χ4v) is 0.971. The van der Waals surface area contributed by atoms with Crippen LogP contribution in [0.15, 0.2) is 18.2 Å². The van der Waals surface area contributed by atoms with E-state index in [1.54, 1.807) is 0 Å². The lowest BCUT2D eigenvalue weighted by atomic mass is 10.1. The first-order chi connectivity index (χ1) is 6.11. The van der Waals surface area contributed by atoms with E-state index in [1.165, 1.54) is 19.2 Å². The van der Waals surface area contributed by atoms with Crippen LogP contribution in [-0.4, -0.2) is 13.0 Å². The minimum Gasteiger partial charge on any atom is -0.484 e. The highest BCUT2D eigenvalue weighted by molar-refractivity contribution is 5.75. The molecule has 0 bridgehead atoms. The summed E-state index contributed by atoms with van der Waals surface area (Å²) < 4.78 is 29.8. The van der Waals surface area contributed by atoms with Crippen molar-refractivity contribution >= 4 is 5.90 Å². The average molecular weight is 185 g/mol. The first-order valence-corrected chi connectivity index (χ1v) is 3.68. The highest BCUT2D eigenvalue weighted by atomic mass is 19.1.